The number of aldehydes is 1. The third-order valence-electron chi connectivity index (χ3n) is 12.2. The predicted molar refractivity (Wildman–Crippen MR) is 263 cm³/mol. The zero-order valence-electron chi connectivity index (χ0n) is 39.0. The van der Waals surface area contributed by atoms with E-state index in [0.29, 0.717) is 70.0 Å². The maximum Gasteiger partial charge on any atom is 0.330 e. The third kappa shape index (κ3) is 11.6. The maximum absolute atomic E-state index is 13.7. The second-order valence-electron chi connectivity index (χ2n) is 17.1. The highest BCUT2D eigenvalue weighted by molar-refractivity contribution is 6.08. The van der Waals surface area contributed by atoms with E-state index in [9.17, 15) is 48.6 Å². The van der Waals surface area contributed by atoms with Crippen LogP contribution in [0.5, 0.6) is 5.75 Å². The highest BCUT2D eigenvalue weighted by Crippen LogP contribution is 2.43. The number of aliphatic hydroxyl groups excluding tert-OH is 1. The van der Waals surface area contributed by atoms with Gasteiger partial charge in [-0.3, -0.25) is 43.1 Å². The summed E-state index contributed by atoms with van der Waals surface area (Å²) in [7, 11) is 0. The minimum Gasteiger partial charge on any atom is -0.507 e. The molecule has 5 aromatic rings. The van der Waals surface area contributed by atoms with Crippen LogP contribution in [0.15, 0.2) is 122 Å². The molecular formula is C53H50N6O13. The number of ether oxygens (including phenoxy) is 2. The van der Waals surface area contributed by atoms with Crippen LogP contribution < -0.4 is 37.9 Å². The largest absolute Gasteiger partial charge is 0.507 e. The van der Waals surface area contributed by atoms with Gasteiger partial charge in [0.1, 0.15) is 23.3 Å². The lowest BCUT2D eigenvalue weighted by atomic mass is 9.89. The molecule has 0 spiro atoms. The van der Waals surface area contributed by atoms with Crippen LogP contribution in [0.3, 0.4) is 0 Å². The molecule has 1 fully saturated rings. The van der Waals surface area contributed by atoms with Crippen LogP contribution in [0.1, 0.15) is 89.7 Å². The van der Waals surface area contributed by atoms with Gasteiger partial charge in [0.2, 0.25) is 5.91 Å². The molecule has 370 valence electrons. The van der Waals surface area contributed by atoms with Crippen molar-refractivity contribution in [3.63, 3.8) is 0 Å². The molecule has 19 nitrogen and oxygen atoms in total. The van der Waals surface area contributed by atoms with Crippen LogP contribution in [0, 0.1) is 0 Å². The molecule has 19 heteroatoms. The van der Waals surface area contributed by atoms with E-state index in [-0.39, 0.29) is 103 Å². The van der Waals surface area contributed by atoms with Gasteiger partial charge < -0.3 is 45.4 Å². The van der Waals surface area contributed by atoms with Crippen LogP contribution in [0.4, 0.5) is 0 Å². The van der Waals surface area contributed by atoms with Gasteiger partial charge in [0, 0.05) is 89.6 Å². The highest BCUT2D eigenvalue weighted by Gasteiger charge is 2.28. The summed E-state index contributed by atoms with van der Waals surface area (Å²) in [4.78, 5) is 103. The Morgan fingerprint density at radius 2 is 1.43 bits per heavy atom. The summed E-state index contributed by atoms with van der Waals surface area (Å²) in [5.74, 6) is -1.53. The SMILES string of the molecule is CC(=O)NCc1ccc(C(=O)NCc2c(O)ccc3c(-c4cc(C(=O)NCc5ccc(C(=O)NCCOCCc6cn([C@H]7CC[C@@H](CO)O7)c(=O)[nH]c6=O)cc5)ccc4C=O)c4ccc(=O)cc-4oc23)cc1. The first-order valence-corrected chi connectivity index (χ1v) is 23.1. The molecule has 1 saturated heterocycles. The van der Waals surface area contributed by atoms with E-state index >= 15 is 0 Å². The van der Waals surface area contributed by atoms with E-state index in [4.69, 9.17) is 13.9 Å². The molecule has 4 aromatic carbocycles. The lowest BCUT2D eigenvalue weighted by molar-refractivity contribution is -0.119. The molecule has 3 aliphatic rings. The summed E-state index contributed by atoms with van der Waals surface area (Å²) in [5, 5.41) is 32.1. The second-order valence-corrected chi connectivity index (χ2v) is 17.1. The Kier molecular flexibility index (Phi) is 15.6. The van der Waals surface area contributed by atoms with Crippen LogP contribution in [-0.4, -0.2) is 82.1 Å². The monoisotopic (exact) mass is 978 g/mol. The number of aromatic hydroxyl groups is 1. The molecular weight excluding hydrogens is 929 g/mol. The normalized spacial score (nSPS) is 14.2. The first-order valence-electron chi connectivity index (χ1n) is 23.1. The van der Waals surface area contributed by atoms with Crippen molar-refractivity contribution in [1.82, 2.24) is 30.8 Å². The maximum atomic E-state index is 13.7. The van der Waals surface area contributed by atoms with E-state index in [1.165, 1.54) is 48.0 Å². The number of amides is 4. The lowest BCUT2D eigenvalue weighted by Gasteiger charge is -2.19. The van der Waals surface area contributed by atoms with E-state index in [0.717, 1.165) is 5.56 Å². The zero-order valence-corrected chi connectivity index (χ0v) is 39.0. The summed E-state index contributed by atoms with van der Waals surface area (Å²) < 4.78 is 18.9. The number of fused-ring (bicyclic) bond motifs is 2. The molecule has 0 saturated carbocycles. The van der Waals surface area contributed by atoms with Gasteiger partial charge in [0.25, 0.3) is 23.3 Å². The quantitative estimate of drug-likeness (QED) is 0.0342. The summed E-state index contributed by atoms with van der Waals surface area (Å²) in [6.07, 6.45) is 2.48. The van der Waals surface area contributed by atoms with Crippen LogP contribution in [-0.2, 0) is 40.3 Å². The fourth-order valence-corrected chi connectivity index (χ4v) is 8.35. The first-order chi connectivity index (χ1) is 34.8. The third-order valence-corrected chi connectivity index (χ3v) is 12.2. The number of aromatic amines is 1. The van der Waals surface area contributed by atoms with Crippen molar-refractivity contribution in [3.05, 3.63) is 179 Å². The molecule has 0 bridgehead atoms. The molecule has 4 amide bonds. The smallest absolute Gasteiger partial charge is 0.330 e. The number of hydrogen-bond donors (Lipinski definition) is 7. The first kappa shape index (κ1) is 49.9. The van der Waals surface area contributed by atoms with E-state index in [1.54, 1.807) is 66.7 Å². The number of aliphatic hydroxyl groups is 1. The van der Waals surface area contributed by atoms with Crippen molar-refractivity contribution < 1.29 is 48.1 Å². The molecule has 7 N–H and O–H groups in total. The minimum absolute atomic E-state index is 0.0918. The molecule has 2 atom stereocenters. The molecule has 0 unspecified atom stereocenters. The number of aromatic nitrogens is 2. The Morgan fingerprint density at radius 3 is 2.11 bits per heavy atom. The lowest BCUT2D eigenvalue weighted by Crippen LogP contribution is -2.34. The van der Waals surface area contributed by atoms with Gasteiger partial charge in [0.15, 0.2) is 11.7 Å². The van der Waals surface area contributed by atoms with Gasteiger partial charge in [0.05, 0.1) is 38.0 Å². The van der Waals surface area contributed by atoms with E-state index < -0.39 is 29.3 Å². The minimum atomic E-state index is -0.596. The summed E-state index contributed by atoms with van der Waals surface area (Å²) >= 11 is 0. The topological polar surface area (TPSA) is 277 Å². The summed E-state index contributed by atoms with van der Waals surface area (Å²) in [6, 6.07) is 25.0. The van der Waals surface area contributed by atoms with Gasteiger partial charge in [-0.2, -0.15) is 0 Å². The Bertz CT molecular complexity index is 3330. The number of benzene rings is 5. The van der Waals surface area contributed by atoms with Crippen molar-refractivity contribution >= 4 is 40.9 Å². The Morgan fingerprint density at radius 1 is 0.764 bits per heavy atom. The fourth-order valence-electron chi connectivity index (χ4n) is 8.35. The van der Waals surface area contributed by atoms with Crippen molar-refractivity contribution in [2.75, 3.05) is 26.4 Å². The van der Waals surface area contributed by atoms with Crippen molar-refractivity contribution in [1.29, 1.82) is 0 Å². The number of carbonyl (C=O) groups is 5. The number of phenols is 1. The van der Waals surface area contributed by atoms with Gasteiger partial charge >= 0.3 is 5.69 Å². The molecule has 8 rings (SSSR count). The molecule has 1 aliphatic carbocycles. The standard InChI is InChI=1S/C53H50N6O13/c1-30(62)55-24-31-2-8-34(9-3-31)50(66)57-26-43-44(64)16-15-41-47(40-14-12-38(63)23-45(40)72-48(41)43)42-22-35(10-11-37(42)28-60)51(67)56-25-32-4-6-33(7-5-32)49(65)54-19-21-70-20-18-36-27-59(53(69)58-52(36)68)46-17-13-39(29-61)71-46/h2-12,14-16,22-23,27-28,39,46,61,64H,13,17-21,24-26,29H2,1H3,(H,54,65)(H,55,62)(H,56,67)(H,57,66)(H,58,68,69)/t39-,46+/m0/s1. The number of H-pyrrole nitrogens is 1. The molecule has 2 aliphatic heterocycles. The fraction of sp³-hybridized carbons (Fsp3) is 0.245. The van der Waals surface area contributed by atoms with Gasteiger partial charge in [-0.15, -0.1) is 0 Å². The highest BCUT2D eigenvalue weighted by atomic mass is 16.5. The van der Waals surface area contributed by atoms with Gasteiger partial charge in [-0.05, 0) is 90.2 Å². The second kappa shape index (κ2) is 22.5. The number of hydrogen-bond acceptors (Lipinski definition) is 13. The summed E-state index contributed by atoms with van der Waals surface area (Å²) in [6.45, 7) is 1.95. The molecule has 1 aromatic heterocycles. The number of phenolic OH excluding ortho intramolecular Hbond substituents is 1. The Labute approximate surface area is 410 Å². The molecule has 3 heterocycles. The van der Waals surface area contributed by atoms with Crippen molar-refractivity contribution in [2.45, 2.75) is 58.2 Å². The predicted octanol–water partition coefficient (Wildman–Crippen LogP) is 4.09. The van der Waals surface area contributed by atoms with Crippen LogP contribution >= 0.6 is 0 Å². The molecule has 72 heavy (non-hydrogen) atoms. The van der Waals surface area contributed by atoms with Crippen molar-refractivity contribution in [2.24, 2.45) is 0 Å². The number of nitrogens with zero attached hydrogens (tertiary/aromatic N) is 1. The van der Waals surface area contributed by atoms with E-state index in [2.05, 4.69) is 26.3 Å². The van der Waals surface area contributed by atoms with Crippen molar-refractivity contribution in [3.8, 4) is 28.2 Å². The molecule has 0 radical (unpaired) electrons. The number of carbonyl (C=O) groups excluding carboxylic acids is 5. The van der Waals surface area contributed by atoms with Crippen LogP contribution in [0.25, 0.3) is 33.4 Å². The van der Waals surface area contributed by atoms with E-state index in [1.807, 2.05) is 0 Å². The average molecular weight is 979 g/mol. The zero-order chi connectivity index (χ0) is 50.9. The van der Waals surface area contributed by atoms with Crippen LogP contribution in [0.2, 0.25) is 0 Å². The number of nitrogens with one attached hydrogen (secondary N) is 5. The summed E-state index contributed by atoms with van der Waals surface area (Å²) in [5.41, 5.74) is 3.01. The van der Waals surface area contributed by atoms with Gasteiger partial charge in [-0.1, -0.05) is 30.3 Å². The average Bonchev–Trinajstić information content (AvgIpc) is 3.87. The van der Waals surface area contributed by atoms with Gasteiger partial charge in [-0.25, -0.2) is 4.79 Å². The Hall–Kier alpha value is -8.52. The Balaban J connectivity index is 0.902. The number of rotatable bonds is 19.